The second-order valence-corrected chi connectivity index (χ2v) is 7.29. The maximum Gasteiger partial charge on any atom is 0.269 e. The minimum Gasteiger partial charge on any atom is -0.362 e. The fraction of sp³-hybridized carbons (Fsp3) is 0.227. The van der Waals surface area contributed by atoms with Gasteiger partial charge in [-0.1, -0.05) is 18.2 Å². The van der Waals surface area contributed by atoms with Gasteiger partial charge in [-0.05, 0) is 37.5 Å². The van der Waals surface area contributed by atoms with Crippen LogP contribution in [0.2, 0.25) is 0 Å². The molecule has 0 radical (unpaired) electrons. The average Bonchev–Trinajstić information content (AvgIpc) is 2.73. The highest BCUT2D eigenvalue weighted by Crippen LogP contribution is 2.43. The Kier molecular flexibility index (Phi) is 5.14. The normalized spacial score (nSPS) is 18.6. The van der Waals surface area contributed by atoms with Gasteiger partial charge in [0.05, 0.1) is 4.92 Å². The Labute approximate surface area is 172 Å². The zero-order chi connectivity index (χ0) is 21.3. The number of anilines is 1. The topological polar surface area (TPSA) is 114 Å². The fourth-order valence-corrected chi connectivity index (χ4v) is 4.06. The van der Waals surface area contributed by atoms with Crippen molar-refractivity contribution in [2.45, 2.75) is 32.1 Å². The smallest absolute Gasteiger partial charge is 0.269 e. The Hall–Kier alpha value is -3.81. The molecule has 152 valence electrons. The number of pyridine rings is 1. The molecule has 8 nitrogen and oxygen atoms in total. The van der Waals surface area contributed by atoms with Crippen molar-refractivity contribution in [2.24, 2.45) is 0 Å². The molecule has 1 atom stereocenters. The Balaban J connectivity index is 1.82. The fourth-order valence-electron chi connectivity index (χ4n) is 4.06. The van der Waals surface area contributed by atoms with Gasteiger partial charge in [-0.15, -0.1) is 0 Å². The van der Waals surface area contributed by atoms with Gasteiger partial charge in [0.1, 0.15) is 5.82 Å². The average molecular weight is 404 g/mol. The standard InChI is InChI=1S/C22H20N4O4/c1-13-19(22(28)25-18-10-2-3-11-23-18)20(14-6-4-7-15(12-14)26(29)30)21-16(24-13)8-5-9-17(21)27/h2-4,6-7,10-12,20,24H,5,8-9H2,1H3,(H,23,25,28)/t20-/m1/s1. The second kappa shape index (κ2) is 7.90. The number of non-ortho nitro benzene ring substituents is 1. The first-order valence-corrected chi connectivity index (χ1v) is 9.66. The summed E-state index contributed by atoms with van der Waals surface area (Å²) in [7, 11) is 0. The minimum atomic E-state index is -0.683. The number of dihydropyridines is 1. The van der Waals surface area contributed by atoms with Crippen LogP contribution in [0.4, 0.5) is 11.5 Å². The molecule has 8 heteroatoms. The van der Waals surface area contributed by atoms with E-state index in [1.165, 1.54) is 12.1 Å². The van der Waals surface area contributed by atoms with Gasteiger partial charge in [-0.3, -0.25) is 19.7 Å². The number of nitrogens with zero attached hydrogens (tertiary/aromatic N) is 2. The van der Waals surface area contributed by atoms with E-state index in [2.05, 4.69) is 15.6 Å². The summed E-state index contributed by atoms with van der Waals surface area (Å²) in [5.74, 6) is -0.746. The van der Waals surface area contributed by atoms with Crippen LogP contribution in [0.25, 0.3) is 0 Å². The number of nitro benzene ring substituents is 1. The Morgan fingerprint density at radius 2 is 2.07 bits per heavy atom. The molecule has 30 heavy (non-hydrogen) atoms. The number of Topliss-reactive ketones (excluding diaryl/α,β-unsaturated/α-hetero) is 1. The number of carbonyl (C=O) groups is 2. The molecule has 1 amide bonds. The molecule has 0 bridgehead atoms. The van der Waals surface area contributed by atoms with Crippen molar-refractivity contribution < 1.29 is 14.5 Å². The number of aromatic nitrogens is 1. The molecule has 1 aromatic heterocycles. The SMILES string of the molecule is CC1=C(C(=O)Nc2ccccn2)[C@@H](c2cccc([N+](=O)[O-])c2)C2=C(CCCC2=O)N1. The molecule has 0 unspecified atom stereocenters. The third-order valence-corrected chi connectivity index (χ3v) is 5.34. The lowest BCUT2D eigenvalue weighted by Crippen LogP contribution is -2.35. The molecule has 4 rings (SSSR count). The van der Waals surface area contributed by atoms with Crippen LogP contribution in [0, 0.1) is 10.1 Å². The largest absolute Gasteiger partial charge is 0.362 e. The van der Waals surface area contributed by atoms with Crippen molar-refractivity contribution in [3.05, 3.63) is 86.9 Å². The van der Waals surface area contributed by atoms with Gasteiger partial charge in [-0.25, -0.2) is 4.98 Å². The van der Waals surface area contributed by atoms with Gasteiger partial charge in [0.15, 0.2) is 5.78 Å². The summed E-state index contributed by atoms with van der Waals surface area (Å²) in [5.41, 5.74) is 2.73. The number of benzene rings is 1. The number of hydrogen-bond donors (Lipinski definition) is 2. The highest BCUT2D eigenvalue weighted by atomic mass is 16.6. The van der Waals surface area contributed by atoms with Gasteiger partial charge in [0.2, 0.25) is 0 Å². The third-order valence-electron chi connectivity index (χ3n) is 5.34. The van der Waals surface area contributed by atoms with Gasteiger partial charge in [0.25, 0.3) is 11.6 Å². The second-order valence-electron chi connectivity index (χ2n) is 7.29. The lowest BCUT2D eigenvalue weighted by molar-refractivity contribution is -0.384. The van der Waals surface area contributed by atoms with Crippen molar-refractivity contribution in [1.82, 2.24) is 10.3 Å². The van der Waals surface area contributed by atoms with Crippen molar-refractivity contribution in [1.29, 1.82) is 0 Å². The van der Waals surface area contributed by atoms with Crippen molar-refractivity contribution in [3.63, 3.8) is 0 Å². The van der Waals surface area contributed by atoms with Crippen LogP contribution in [0.1, 0.15) is 37.7 Å². The lowest BCUT2D eigenvalue weighted by atomic mass is 9.75. The van der Waals surface area contributed by atoms with Gasteiger partial charge in [0, 0.05) is 53.2 Å². The molecule has 1 aliphatic carbocycles. The number of rotatable bonds is 4. The maximum atomic E-state index is 13.2. The summed E-state index contributed by atoms with van der Waals surface area (Å²) >= 11 is 0. The molecule has 1 aliphatic heterocycles. The van der Waals surface area contributed by atoms with Crippen molar-refractivity contribution in [2.75, 3.05) is 5.32 Å². The summed E-state index contributed by atoms with van der Waals surface area (Å²) < 4.78 is 0. The number of allylic oxidation sites excluding steroid dienone is 3. The van der Waals surface area contributed by atoms with E-state index in [1.807, 2.05) is 0 Å². The predicted molar refractivity (Wildman–Crippen MR) is 110 cm³/mol. The lowest BCUT2D eigenvalue weighted by Gasteiger charge is -2.34. The zero-order valence-corrected chi connectivity index (χ0v) is 16.3. The van der Waals surface area contributed by atoms with E-state index in [4.69, 9.17) is 0 Å². The number of hydrogen-bond acceptors (Lipinski definition) is 6. The van der Waals surface area contributed by atoms with E-state index in [9.17, 15) is 19.7 Å². The predicted octanol–water partition coefficient (Wildman–Crippen LogP) is 3.60. The van der Waals surface area contributed by atoms with E-state index < -0.39 is 16.7 Å². The quantitative estimate of drug-likeness (QED) is 0.594. The molecular formula is C22H20N4O4. The summed E-state index contributed by atoms with van der Waals surface area (Å²) in [6.45, 7) is 1.78. The van der Waals surface area contributed by atoms with E-state index in [0.29, 0.717) is 41.1 Å². The summed E-state index contributed by atoms with van der Waals surface area (Å²) in [6.07, 6.45) is 3.38. The summed E-state index contributed by atoms with van der Waals surface area (Å²) in [4.78, 5) is 41.1. The Bertz CT molecular complexity index is 1110. The highest BCUT2D eigenvalue weighted by molar-refractivity contribution is 6.09. The molecule has 0 saturated heterocycles. The van der Waals surface area contributed by atoms with E-state index in [0.717, 1.165) is 12.1 Å². The number of ketones is 1. The first-order chi connectivity index (χ1) is 14.5. The zero-order valence-electron chi connectivity index (χ0n) is 16.3. The van der Waals surface area contributed by atoms with Crippen LogP contribution in [0.3, 0.4) is 0 Å². The molecule has 1 aromatic carbocycles. The van der Waals surface area contributed by atoms with E-state index in [1.54, 1.807) is 43.5 Å². The number of amides is 1. The molecule has 0 saturated carbocycles. The molecule has 0 fully saturated rings. The van der Waals surface area contributed by atoms with Crippen LogP contribution >= 0.6 is 0 Å². The molecule has 2 heterocycles. The number of nitrogens with one attached hydrogen (secondary N) is 2. The monoisotopic (exact) mass is 404 g/mol. The van der Waals surface area contributed by atoms with E-state index in [-0.39, 0.29) is 11.5 Å². The van der Waals surface area contributed by atoms with Crippen LogP contribution in [0.5, 0.6) is 0 Å². The van der Waals surface area contributed by atoms with Crippen LogP contribution in [-0.4, -0.2) is 21.6 Å². The Morgan fingerprint density at radius 1 is 1.23 bits per heavy atom. The van der Waals surface area contributed by atoms with E-state index >= 15 is 0 Å². The summed E-state index contributed by atoms with van der Waals surface area (Å²) in [6, 6.07) is 11.3. The van der Waals surface area contributed by atoms with Gasteiger partial charge >= 0.3 is 0 Å². The maximum absolute atomic E-state index is 13.2. The molecule has 2 aliphatic rings. The minimum absolute atomic E-state index is 0.0455. The molecular weight excluding hydrogens is 384 g/mol. The van der Waals surface area contributed by atoms with Gasteiger partial charge < -0.3 is 10.6 Å². The first-order valence-electron chi connectivity index (χ1n) is 9.66. The number of carbonyl (C=O) groups excluding carboxylic acids is 2. The van der Waals surface area contributed by atoms with Crippen LogP contribution in [-0.2, 0) is 9.59 Å². The Morgan fingerprint density at radius 3 is 2.80 bits per heavy atom. The van der Waals surface area contributed by atoms with Crippen molar-refractivity contribution >= 4 is 23.2 Å². The first kappa shape index (κ1) is 19.5. The van der Waals surface area contributed by atoms with Crippen LogP contribution in [0.15, 0.2) is 71.2 Å². The molecule has 2 N–H and O–H groups in total. The van der Waals surface area contributed by atoms with Gasteiger partial charge in [-0.2, -0.15) is 0 Å². The number of nitro groups is 1. The third kappa shape index (κ3) is 3.59. The highest BCUT2D eigenvalue weighted by Gasteiger charge is 2.38. The molecule has 0 spiro atoms. The van der Waals surface area contributed by atoms with Crippen molar-refractivity contribution in [3.8, 4) is 0 Å². The summed E-state index contributed by atoms with van der Waals surface area (Å²) in [5, 5.41) is 17.3. The molecule has 2 aromatic rings. The van der Waals surface area contributed by atoms with Crippen LogP contribution < -0.4 is 10.6 Å².